The molecule has 0 aliphatic heterocycles. The van der Waals surface area contributed by atoms with E-state index in [0.29, 0.717) is 11.8 Å². The van der Waals surface area contributed by atoms with E-state index in [1.54, 1.807) is 11.3 Å². The van der Waals surface area contributed by atoms with Crippen molar-refractivity contribution in [3.05, 3.63) is 58.6 Å². The van der Waals surface area contributed by atoms with Gasteiger partial charge in [0.1, 0.15) is 0 Å². The van der Waals surface area contributed by atoms with Crippen molar-refractivity contribution in [1.82, 2.24) is 10.2 Å². The summed E-state index contributed by atoms with van der Waals surface area (Å²) in [5, 5.41) is 11.8. The Hall–Kier alpha value is -2.38. The molecule has 3 nitrogen and oxygen atoms in total. The lowest BCUT2D eigenvalue weighted by Crippen LogP contribution is -1.75. The topological polar surface area (TPSA) is 38.9 Å². The predicted octanol–water partition coefficient (Wildman–Crippen LogP) is 3.20. The minimum Gasteiger partial charge on any atom is -0.410 e. The summed E-state index contributed by atoms with van der Waals surface area (Å²) in [5.74, 6) is 6.65. The van der Waals surface area contributed by atoms with Gasteiger partial charge < -0.3 is 4.42 Å². The highest BCUT2D eigenvalue weighted by atomic mass is 32.1. The highest BCUT2D eigenvalue weighted by Gasteiger charge is 2.05. The number of thiophene rings is 1. The number of hydrogen-bond donors (Lipinski definition) is 0. The minimum absolute atomic E-state index is 0.333. The smallest absolute Gasteiger partial charge is 0.294 e. The first-order chi connectivity index (χ1) is 8.92. The summed E-state index contributed by atoms with van der Waals surface area (Å²) in [6, 6.07) is 11.6. The molecular weight excluding hydrogens is 244 g/mol. The monoisotopic (exact) mass is 252 g/mol. The third-order valence-corrected chi connectivity index (χ3v) is 2.96. The van der Waals surface area contributed by atoms with Crippen molar-refractivity contribution in [2.24, 2.45) is 0 Å². The van der Waals surface area contributed by atoms with Crippen LogP contribution >= 0.6 is 11.3 Å². The van der Waals surface area contributed by atoms with E-state index in [4.69, 9.17) is 4.42 Å². The van der Waals surface area contributed by atoms with E-state index < -0.39 is 0 Å². The second-order valence-corrected chi connectivity index (χ2v) is 4.32. The van der Waals surface area contributed by atoms with Crippen molar-refractivity contribution in [3.8, 4) is 23.3 Å². The van der Waals surface area contributed by atoms with Gasteiger partial charge in [-0.1, -0.05) is 29.2 Å². The molecule has 0 aliphatic carbocycles. The van der Waals surface area contributed by atoms with Crippen molar-refractivity contribution in [1.29, 1.82) is 0 Å². The van der Waals surface area contributed by atoms with Gasteiger partial charge in [0.15, 0.2) is 0 Å². The molecule has 0 saturated carbocycles. The predicted molar refractivity (Wildman–Crippen MR) is 70.0 cm³/mol. The number of aromatic nitrogens is 2. The van der Waals surface area contributed by atoms with E-state index in [-0.39, 0.29) is 0 Å². The average Bonchev–Trinajstić information content (AvgIpc) is 3.09. The number of hydrogen-bond acceptors (Lipinski definition) is 4. The first-order valence-electron chi connectivity index (χ1n) is 5.35. The van der Waals surface area contributed by atoms with Gasteiger partial charge in [-0.15, -0.1) is 5.10 Å². The lowest BCUT2D eigenvalue weighted by Gasteiger charge is -1.90. The third-order valence-electron chi connectivity index (χ3n) is 2.28. The average molecular weight is 252 g/mol. The van der Waals surface area contributed by atoms with E-state index in [9.17, 15) is 0 Å². The Morgan fingerprint density at radius 1 is 1.00 bits per heavy atom. The van der Waals surface area contributed by atoms with Crippen molar-refractivity contribution in [2.45, 2.75) is 0 Å². The van der Waals surface area contributed by atoms with Crippen molar-refractivity contribution < 1.29 is 4.42 Å². The standard InChI is InChI=1S/C14H8N2OS/c1-2-4-12(5-3-1)14-16-15-13(17-14)7-6-11-8-9-18-10-11/h1-5,8-10H. The van der Waals surface area contributed by atoms with E-state index in [0.717, 1.165) is 11.1 Å². The van der Waals surface area contributed by atoms with Gasteiger partial charge in [-0.2, -0.15) is 11.3 Å². The van der Waals surface area contributed by atoms with E-state index in [1.165, 1.54) is 0 Å². The number of nitrogens with zero attached hydrogens (tertiary/aromatic N) is 2. The second-order valence-electron chi connectivity index (χ2n) is 3.54. The molecule has 0 spiro atoms. The summed E-state index contributed by atoms with van der Waals surface area (Å²) in [5.41, 5.74) is 1.85. The first-order valence-corrected chi connectivity index (χ1v) is 6.29. The van der Waals surface area contributed by atoms with E-state index >= 15 is 0 Å². The largest absolute Gasteiger partial charge is 0.410 e. The van der Waals surface area contributed by atoms with Crippen LogP contribution in [0.25, 0.3) is 11.5 Å². The molecule has 1 aromatic carbocycles. The lowest BCUT2D eigenvalue weighted by molar-refractivity contribution is 0.555. The fraction of sp³-hybridized carbons (Fsp3) is 0. The Bertz CT molecular complexity index is 690. The maximum Gasteiger partial charge on any atom is 0.294 e. The molecule has 86 valence electrons. The Morgan fingerprint density at radius 2 is 1.89 bits per heavy atom. The fourth-order valence-electron chi connectivity index (χ4n) is 1.43. The SMILES string of the molecule is C(#Cc1nnc(-c2ccccc2)o1)c1ccsc1. The summed E-state index contributed by atoms with van der Waals surface area (Å²) < 4.78 is 5.48. The Labute approximate surface area is 108 Å². The molecule has 18 heavy (non-hydrogen) atoms. The van der Waals surface area contributed by atoms with Gasteiger partial charge in [-0.3, -0.25) is 0 Å². The molecule has 0 aliphatic rings. The van der Waals surface area contributed by atoms with Crippen LogP contribution < -0.4 is 0 Å². The summed E-state index contributed by atoms with van der Waals surface area (Å²) in [4.78, 5) is 0. The highest BCUT2D eigenvalue weighted by molar-refractivity contribution is 7.08. The van der Waals surface area contributed by atoms with Crippen molar-refractivity contribution in [3.63, 3.8) is 0 Å². The fourth-order valence-corrected chi connectivity index (χ4v) is 2.02. The third kappa shape index (κ3) is 2.31. The molecule has 2 heterocycles. The minimum atomic E-state index is 0.333. The highest BCUT2D eigenvalue weighted by Crippen LogP contribution is 2.16. The van der Waals surface area contributed by atoms with Gasteiger partial charge in [0.25, 0.3) is 5.89 Å². The van der Waals surface area contributed by atoms with Gasteiger partial charge in [0, 0.05) is 16.5 Å². The molecule has 4 heteroatoms. The summed E-state index contributed by atoms with van der Waals surface area (Å²) in [6.45, 7) is 0. The van der Waals surface area contributed by atoms with E-state index in [2.05, 4.69) is 22.0 Å². The van der Waals surface area contributed by atoms with Gasteiger partial charge >= 0.3 is 0 Å². The Kier molecular flexibility index (Phi) is 2.90. The molecule has 0 fully saturated rings. The lowest BCUT2D eigenvalue weighted by atomic mass is 10.2. The molecule has 3 aromatic rings. The Morgan fingerprint density at radius 3 is 2.67 bits per heavy atom. The zero-order valence-electron chi connectivity index (χ0n) is 9.33. The van der Waals surface area contributed by atoms with Crippen LogP contribution in [-0.4, -0.2) is 10.2 Å². The number of benzene rings is 1. The number of rotatable bonds is 1. The first kappa shape index (κ1) is 10.8. The van der Waals surface area contributed by atoms with Gasteiger partial charge in [0.2, 0.25) is 5.89 Å². The molecule has 3 rings (SSSR count). The van der Waals surface area contributed by atoms with Crippen LogP contribution in [0.1, 0.15) is 11.5 Å². The van der Waals surface area contributed by atoms with E-state index in [1.807, 2.05) is 47.2 Å². The molecule has 0 unspecified atom stereocenters. The van der Waals surface area contributed by atoms with Crippen molar-refractivity contribution >= 4 is 11.3 Å². The molecule has 2 aromatic heterocycles. The quantitative estimate of drug-likeness (QED) is 0.624. The molecule has 0 bridgehead atoms. The molecule has 0 atom stereocenters. The van der Waals surface area contributed by atoms with Crippen LogP contribution in [-0.2, 0) is 0 Å². The Balaban J connectivity index is 1.86. The molecular formula is C14H8N2OS. The van der Waals surface area contributed by atoms with Gasteiger partial charge in [-0.25, -0.2) is 0 Å². The van der Waals surface area contributed by atoms with Crippen LogP contribution in [0.5, 0.6) is 0 Å². The zero-order valence-corrected chi connectivity index (χ0v) is 10.1. The summed E-state index contributed by atoms with van der Waals surface area (Å²) in [7, 11) is 0. The van der Waals surface area contributed by atoms with Crippen molar-refractivity contribution in [2.75, 3.05) is 0 Å². The maximum atomic E-state index is 5.48. The van der Waals surface area contributed by atoms with Crippen LogP contribution in [0.3, 0.4) is 0 Å². The maximum absolute atomic E-state index is 5.48. The summed E-state index contributed by atoms with van der Waals surface area (Å²) >= 11 is 1.61. The second kappa shape index (κ2) is 4.86. The van der Waals surface area contributed by atoms with Crippen LogP contribution in [0, 0.1) is 11.8 Å². The van der Waals surface area contributed by atoms with Gasteiger partial charge in [-0.05, 0) is 29.5 Å². The van der Waals surface area contributed by atoms with Crippen LogP contribution in [0.2, 0.25) is 0 Å². The zero-order chi connectivity index (χ0) is 12.2. The van der Waals surface area contributed by atoms with Crippen LogP contribution in [0.15, 0.2) is 51.6 Å². The molecule has 0 amide bonds. The summed E-state index contributed by atoms with van der Waals surface area (Å²) in [6.07, 6.45) is 0. The molecule has 0 N–H and O–H groups in total. The van der Waals surface area contributed by atoms with Gasteiger partial charge in [0.05, 0.1) is 0 Å². The normalized spacial score (nSPS) is 9.78. The van der Waals surface area contributed by atoms with Crippen LogP contribution in [0.4, 0.5) is 0 Å². The molecule has 0 radical (unpaired) electrons. The molecule has 0 saturated heterocycles.